The van der Waals surface area contributed by atoms with E-state index in [1.807, 2.05) is 6.07 Å². The van der Waals surface area contributed by atoms with Crippen molar-refractivity contribution in [1.82, 2.24) is 14.8 Å². The Kier molecular flexibility index (Phi) is 6.27. The van der Waals surface area contributed by atoms with Gasteiger partial charge in [-0.05, 0) is 36.1 Å². The molecule has 1 fully saturated rings. The second-order valence-corrected chi connectivity index (χ2v) is 7.77. The molecule has 2 heterocycles. The molecule has 5 nitrogen and oxygen atoms in total. The maximum Gasteiger partial charge on any atom is 0.240 e. The van der Waals surface area contributed by atoms with Crippen LogP contribution in [0.5, 0.6) is 0 Å². The van der Waals surface area contributed by atoms with Gasteiger partial charge in [0.05, 0.1) is 6.61 Å². The number of aromatic nitrogens is 1. The summed E-state index contributed by atoms with van der Waals surface area (Å²) in [6, 6.07) is 19.2. The number of hydrogen-bond acceptors (Lipinski definition) is 3. The molecule has 152 valence electrons. The molecule has 3 aromatic rings. The number of carbonyl (C=O) groups is 1. The van der Waals surface area contributed by atoms with Crippen LogP contribution in [-0.4, -0.2) is 48.7 Å². The number of methoxy groups -OCH3 is 1. The SMILES string of the molecule is COCCNC(=O)Cn1cc(CN2CC[C@@H](c3ccccc3)C2)c2ccccc21. The lowest BCUT2D eigenvalue weighted by Crippen LogP contribution is -2.30. The van der Waals surface area contributed by atoms with Crippen molar-refractivity contribution in [1.29, 1.82) is 0 Å². The Bertz CT molecular complexity index is 951. The Morgan fingerprint density at radius 1 is 1.14 bits per heavy atom. The molecule has 0 aliphatic carbocycles. The van der Waals surface area contributed by atoms with Gasteiger partial charge in [-0.25, -0.2) is 0 Å². The number of amides is 1. The molecule has 29 heavy (non-hydrogen) atoms. The number of benzene rings is 2. The number of carbonyl (C=O) groups excluding carboxylic acids is 1. The van der Waals surface area contributed by atoms with Crippen LogP contribution in [0.15, 0.2) is 60.8 Å². The highest BCUT2D eigenvalue weighted by atomic mass is 16.5. The first-order chi connectivity index (χ1) is 14.2. The second-order valence-electron chi connectivity index (χ2n) is 7.77. The third kappa shape index (κ3) is 4.69. The Morgan fingerprint density at radius 2 is 1.93 bits per heavy atom. The maximum atomic E-state index is 12.3. The molecule has 1 aliphatic rings. The van der Waals surface area contributed by atoms with Crippen LogP contribution in [0.3, 0.4) is 0 Å². The highest BCUT2D eigenvalue weighted by Gasteiger charge is 2.24. The minimum Gasteiger partial charge on any atom is -0.383 e. The number of para-hydroxylation sites is 1. The minimum absolute atomic E-state index is 0.0136. The molecule has 1 aromatic heterocycles. The lowest BCUT2D eigenvalue weighted by Gasteiger charge is -2.16. The zero-order valence-corrected chi connectivity index (χ0v) is 17.0. The fourth-order valence-corrected chi connectivity index (χ4v) is 4.30. The van der Waals surface area contributed by atoms with Gasteiger partial charge in [0, 0.05) is 43.8 Å². The van der Waals surface area contributed by atoms with Crippen LogP contribution in [0, 0.1) is 0 Å². The molecule has 1 atom stereocenters. The van der Waals surface area contributed by atoms with Gasteiger partial charge in [0.2, 0.25) is 5.91 Å². The lowest BCUT2D eigenvalue weighted by molar-refractivity contribution is -0.121. The number of likely N-dealkylation sites (tertiary alicyclic amines) is 1. The van der Waals surface area contributed by atoms with Crippen molar-refractivity contribution < 1.29 is 9.53 Å². The molecule has 1 aliphatic heterocycles. The number of nitrogens with zero attached hydrogens (tertiary/aromatic N) is 2. The molecule has 0 saturated carbocycles. The zero-order valence-electron chi connectivity index (χ0n) is 17.0. The summed E-state index contributed by atoms with van der Waals surface area (Å²) in [5, 5.41) is 4.14. The van der Waals surface area contributed by atoms with Crippen molar-refractivity contribution in [3.8, 4) is 0 Å². The molecule has 0 unspecified atom stereocenters. The van der Waals surface area contributed by atoms with Crippen LogP contribution < -0.4 is 5.32 Å². The Labute approximate surface area is 172 Å². The molecule has 5 heteroatoms. The molecular formula is C24H29N3O2. The largest absolute Gasteiger partial charge is 0.383 e. The van der Waals surface area contributed by atoms with E-state index in [1.165, 1.54) is 22.9 Å². The molecule has 4 rings (SSSR count). The normalized spacial score (nSPS) is 17.1. The summed E-state index contributed by atoms with van der Waals surface area (Å²) in [6.07, 6.45) is 3.35. The monoisotopic (exact) mass is 391 g/mol. The molecule has 2 aromatic carbocycles. The third-order valence-electron chi connectivity index (χ3n) is 5.75. The fourth-order valence-electron chi connectivity index (χ4n) is 4.30. The van der Waals surface area contributed by atoms with Gasteiger partial charge in [-0.15, -0.1) is 0 Å². The first kappa shape index (κ1) is 19.7. The Hall–Kier alpha value is -2.63. The number of hydrogen-bond donors (Lipinski definition) is 1. The van der Waals surface area contributed by atoms with Crippen LogP contribution >= 0.6 is 0 Å². The van der Waals surface area contributed by atoms with Crippen molar-refractivity contribution in [3.05, 3.63) is 71.9 Å². The van der Waals surface area contributed by atoms with Gasteiger partial charge in [0.15, 0.2) is 0 Å². The van der Waals surface area contributed by atoms with Crippen molar-refractivity contribution >= 4 is 16.8 Å². The van der Waals surface area contributed by atoms with Gasteiger partial charge < -0.3 is 14.6 Å². The third-order valence-corrected chi connectivity index (χ3v) is 5.75. The first-order valence-electron chi connectivity index (χ1n) is 10.3. The summed E-state index contributed by atoms with van der Waals surface area (Å²) < 4.78 is 7.07. The van der Waals surface area contributed by atoms with Gasteiger partial charge in [0.25, 0.3) is 0 Å². The fraction of sp³-hybridized carbons (Fsp3) is 0.375. The minimum atomic E-state index is 0.0136. The predicted octanol–water partition coefficient (Wildman–Crippen LogP) is 3.39. The molecule has 0 radical (unpaired) electrons. The average Bonchev–Trinajstić information content (AvgIpc) is 3.35. The van der Waals surface area contributed by atoms with E-state index in [0.29, 0.717) is 25.6 Å². The predicted molar refractivity (Wildman–Crippen MR) is 116 cm³/mol. The first-order valence-corrected chi connectivity index (χ1v) is 10.3. The van der Waals surface area contributed by atoms with Gasteiger partial charge >= 0.3 is 0 Å². The van der Waals surface area contributed by atoms with Crippen molar-refractivity contribution in [2.45, 2.75) is 25.4 Å². The molecule has 1 N–H and O–H groups in total. The van der Waals surface area contributed by atoms with E-state index in [2.05, 4.69) is 69.5 Å². The number of nitrogens with one attached hydrogen (secondary N) is 1. The van der Waals surface area contributed by atoms with Crippen LogP contribution in [-0.2, 0) is 22.6 Å². The highest BCUT2D eigenvalue weighted by molar-refractivity contribution is 5.86. The molecule has 0 spiro atoms. The quantitative estimate of drug-likeness (QED) is 0.599. The van der Waals surface area contributed by atoms with Crippen LogP contribution in [0.4, 0.5) is 0 Å². The maximum absolute atomic E-state index is 12.3. The van der Waals surface area contributed by atoms with E-state index < -0.39 is 0 Å². The second kappa shape index (κ2) is 9.25. The van der Waals surface area contributed by atoms with Gasteiger partial charge in [-0.1, -0.05) is 48.5 Å². The average molecular weight is 392 g/mol. The summed E-state index contributed by atoms with van der Waals surface area (Å²) in [5.41, 5.74) is 3.84. The van der Waals surface area contributed by atoms with Crippen LogP contribution in [0.25, 0.3) is 10.9 Å². The smallest absolute Gasteiger partial charge is 0.240 e. The van der Waals surface area contributed by atoms with Crippen LogP contribution in [0.1, 0.15) is 23.5 Å². The van der Waals surface area contributed by atoms with Crippen molar-refractivity contribution in [3.63, 3.8) is 0 Å². The standard InChI is InChI=1S/C24H29N3O2/c1-29-14-12-25-24(28)18-27-17-21(22-9-5-6-10-23(22)27)16-26-13-11-20(15-26)19-7-3-2-4-8-19/h2-10,17,20H,11-16,18H2,1H3,(H,25,28)/t20-/m1/s1. The number of ether oxygens (including phenoxy) is 1. The molecule has 1 saturated heterocycles. The summed E-state index contributed by atoms with van der Waals surface area (Å²) in [4.78, 5) is 14.8. The summed E-state index contributed by atoms with van der Waals surface area (Å²) in [5.74, 6) is 0.621. The van der Waals surface area contributed by atoms with E-state index in [1.54, 1.807) is 7.11 Å². The zero-order chi connectivity index (χ0) is 20.1. The van der Waals surface area contributed by atoms with E-state index in [4.69, 9.17) is 4.74 Å². The topological polar surface area (TPSA) is 46.5 Å². The Morgan fingerprint density at radius 3 is 2.76 bits per heavy atom. The Balaban J connectivity index is 1.46. The lowest BCUT2D eigenvalue weighted by atomic mass is 9.99. The van der Waals surface area contributed by atoms with E-state index in [9.17, 15) is 4.79 Å². The molecular weight excluding hydrogens is 362 g/mol. The summed E-state index contributed by atoms with van der Waals surface area (Å²) in [6.45, 7) is 4.51. The summed E-state index contributed by atoms with van der Waals surface area (Å²) in [7, 11) is 1.64. The molecule has 1 amide bonds. The van der Waals surface area contributed by atoms with Crippen molar-refractivity contribution in [2.24, 2.45) is 0 Å². The van der Waals surface area contributed by atoms with E-state index in [-0.39, 0.29) is 5.91 Å². The van der Waals surface area contributed by atoms with Gasteiger partial charge in [0.1, 0.15) is 6.54 Å². The van der Waals surface area contributed by atoms with Crippen molar-refractivity contribution in [2.75, 3.05) is 33.4 Å². The molecule has 0 bridgehead atoms. The van der Waals surface area contributed by atoms with Crippen LogP contribution in [0.2, 0.25) is 0 Å². The van der Waals surface area contributed by atoms with E-state index in [0.717, 1.165) is 25.2 Å². The highest BCUT2D eigenvalue weighted by Crippen LogP contribution is 2.30. The number of rotatable bonds is 8. The van der Waals surface area contributed by atoms with E-state index >= 15 is 0 Å². The van der Waals surface area contributed by atoms with Gasteiger partial charge in [-0.2, -0.15) is 0 Å². The summed E-state index contributed by atoms with van der Waals surface area (Å²) >= 11 is 0. The number of fused-ring (bicyclic) bond motifs is 1. The van der Waals surface area contributed by atoms with Gasteiger partial charge in [-0.3, -0.25) is 9.69 Å².